The summed E-state index contributed by atoms with van der Waals surface area (Å²) in [7, 11) is 0. The molecule has 0 amide bonds. The lowest BCUT2D eigenvalue weighted by Crippen LogP contribution is -2.29. The largest absolute Gasteiger partial charge is 0.456 e. The maximum absolute atomic E-state index is 10.7. The lowest BCUT2D eigenvalue weighted by Gasteiger charge is -2.17. The number of rotatable bonds is 1. The fourth-order valence-electron chi connectivity index (χ4n) is 1.01. The summed E-state index contributed by atoms with van der Waals surface area (Å²) in [5, 5.41) is 8.73. The van der Waals surface area contributed by atoms with Gasteiger partial charge in [-0.3, -0.25) is 4.79 Å². The summed E-state index contributed by atoms with van der Waals surface area (Å²) in [6.45, 7) is 1.50. The Morgan fingerprint density at radius 3 is 2.80 bits per heavy atom. The second kappa shape index (κ2) is 2.21. The van der Waals surface area contributed by atoms with Gasteiger partial charge >= 0.3 is 5.97 Å². The Hall–Kier alpha value is -0.610. The molecule has 4 heteroatoms. The first-order valence-electron chi connectivity index (χ1n) is 3.17. The summed E-state index contributed by atoms with van der Waals surface area (Å²) in [6, 6.07) is -0.558. The van der Waals surface area contributed by atoms with Crippen LogP contribution < -0.4 is 5.73 Å². The van der Waals surface area contributed by atoms with Crippen LogP contribution in [0.3, 0.4) is 0 Å². The smallest absolute Gasteiger partial charge is 0.323 e. The maximum atomic E-state index is 10.7. The number of esters is 1. The maximum Gasteiger partial charge on any atom is 0.323 e. The molecule has 1 rings (SSSR count). The van der Waals surface area contributed by atoms with Crippen molar-refractivity contribution >= 4 is 5.97 Å². The van der Waals surface area contributed by atoms with Gasteiger partial charge in [-0.2, -0.15) is 0 Å². The highest BCUT2D eigenvalue weighted by Gasteiger charge is 2.40. The number of hydrogen-bond acceptors (Lipinski definition) is 4. The fourth-order valence-corrected chi connectivity index (χ4v) is 1.01. The number of aliphatic hydroxyl groups excluding tert-OH is 1. The van der Waals surface area contributed by atoms with Crippen molar-refractivity contribution in [1.29, 1.82) is 0 Å². The van der Waals surface area contributed by atoms with Gasteiger partial charge in [0.15, 0.2) is 0 Å². The van der Waals surface area contributed by atoms with E-state index in [-0.39, 0.29) is 6.61 Å². The van der Waals surface area contributed by atoms with E-state index in [1.54, 1.807) is 6.92 Å². The average molecular weight is 145 g/mol. The van der Waals surface area contributed by atoms with E-state index in [9.17, 15) is 4.79 Å². The molecule has 1 aliphatic heterocycles. The van der Waals surface area contributed by atoms with Crippen LogP contribution in [0.15, 0.2) is 0 Å². The summed E-state index contributed by atoms with van der Waals surface area (Å²) >= 11 is 0. The zero-order valence-corrected chi connectivity index (χ0v) is 5.83. The normalized spacial score (nSPS) is 39.9. The predicted octanol–water partition coefficient (Wildman–Crippen LogP) is -0.988. The molecule has 2 atom stereocenters. The van der Waals surface area contributed by atoms with E-state index in [1.807, 2.05) is 0 Å². The van der Waals surface area contributed by atoms with Crippen molar-refractivity contribution in [2.75, 3.05) is 6.61 Å². The molecular weight excluding hydrogens is 134 g/mol. The van der Waals surface area contributed by atoms with E-state index in [2.05, 4.69) is 0 Å². The number of hydrogen-bond donors (Lipinski definition) is 2. The Labute approximate surface area is 59.0 Å². The van der Waals surface area contributed by atoms with Gasteiger partial charge < -0.3 is 15.6 Å². The van der Waals surface area contributed by atoms with E-state index >= 15 is 0 Å². The first kappa shape index (κ1) is 7.50. The van der Waals surface area contributed by atoms with Crippen LogP contribution in [0.4, 0.5) is 0 Å². The number of carbonyl (C=O) groups excluding carboxylic acids is 1. The van der Waals surface area contributed by atoms with Crippen molar-refractivity contribution < 1.29 is 14.6 Å². The molecule has 10 heavy (non-hydrogen) atoms. The van der Waals surface area contributed by atoms with Crippen LogP contribution in [-0.2, 0) is 9.53 Å². The fraction of sp³-hybridized carbons (Fsp3) is 0.833. The Bertz CT molecular complexity index is 159. The molecule has 0 saturated carbocycles. The first-order valence-corrected chi connectivity index (χ1v) is 3.17. The van der Waals surface area contributed by atoms with E-state index < -0.39 is 17.6 Å². The van der Waals surface area contributed by atoms with Crippen molar-refractivity contribution in [3.05, 3.63) is 0 Å². The van der Waals surface area contributed by atoms with Crippen LogP contribution in [0, 0.1) is 0 Å². The van der Waals surface area contributed by atoms with E-state index in [4.69, 9.17) is 15.6 Å². The van der Waals surface area contributed by atoms with Crippen LogP contribution in [0.25, 0.3) is 0 Å². The predicted molar refractivity (Wildman–Crippen MR) is 34.2 cm³/mol. The van der Waals surface area contributed by atoms with Crippen molar-refractivity contribution in [3.8, 4) is 0 Å². The second-order valence-electron chi connectivity index (χ2n) is 2.84. The number of ether oxygens (including phenoxy) is 1. The summed E-state index contributed by atoms with van der Waals surface area (Å²) < 4.78 is 4.80. The SMILES string of the molecule is C[C@]1(CO)C[C@H](N)C(=O)O1. The van der Waals surface area contributed by atoms with Crippen molar-refractivity contribution in [3.63, 3.8) is 0 Å². The lowest BCUT2D eigenvalue weighted by molar-refractivity contribution is -0.150. The average Bonchev–Trinajstić information content (AvgIpc) is 2.10. The molecule has 0 spiro atoms. The van der Waals surface area contributed by atoms with Gasteiger partial charge in [0, 0.05) is 6.42 Å². The molecule has 1 saturated heterocycles. The molecule has 1 aliphatic rings. The summed E-state index contributed by atoms with van der Waals surface area (Å²) in [5.41, 5.74) is 4.60. The highest BCUT2D eigenvalue weighted by Crippen LogP contribution is 2.24. The highest BCUT2D eigenvalue weighted by atomic mass is 16.6. The van der Waals surface area contributed by atoms with Gasteiger partial charge in [-0.15, -0.1) is 0 Å². The minimum Gasteiger partial charge on any atom is -0.456 e. The van der Waals surface area contributed by atoms with Gasteiger partial charge in [0.1, 0.15) is 11.6 Å². The molecule has 0 bridgehead atoms. The first-order chi connectivity index (χ1) is 4.57. The van der Waals surface area contributed by atoms with E-state index in [0.717, 1.165) is 0 Å². The topological polar surface area (TPSA) is 72.5 Å². The molecule has 4 nitrogen and oxygen atoms in total. The molecule has 0 aliphatic carbocycles. The zero-order chi connectivity index (χ0) is 7.78. The van der Waals surface area contributed by atoms with Crippen molar-refractivity contribution in [2.24, 2.45) is 5.73 Å². The second-order valence-corrected chi connectivity index (χ2v) is 2.84. The third kappa shape index (κ3) is 1.12. The quantitative estimate of drug-likeness (QED) is 0.465. The summed E-state index contributed by atoms with van der Waals surface area (Å²) in [6.07, 6.45) is 0.405. The van der Waals surface area contributed by atoms with E-state index in [0.29, 0.717) is 6.42 Å². The van der Waals surface area contributed by atoms with Crippen LogP contribution in [0.2, 0.25) is 0 Å². The molecule has 58 valence electrons. The third-order valence-electron chi connectivity index (χ3n) is 1.64. The molecule has 0 radical (unpaired) electrons. The lowest BCUT2D eigenvalue weighted by atomic mass is 10.0. The Balaban J connectivity index is 2.64. The number of aliphatic hydroxyl groups is 1. The zero-order valence-electron chi connectivity index (χ0n) is 5.83. The molecule has 0 unspecified atom stereocenters. The summed E-state index contributed by atoms with van der Waals surface area (Å²) in [5.74, 6) is -0.420. The summed E-state index contributed by atoms with van der Waals surface area (Å²) in [4.78, 5) is 10.7. The molecule has 0 aromatic rings. The molecule has 3 N–H and O–H groups in total. The van der Waals surface area contributed by atoms with Crippen molar-refractivity contribution in [2.45, 2.75) is 25.0 Å². The molecule has 0 aromatic carbocycles. The highest BCUT2D eigenvalue weighted by molar-refractivity contribution is 5.78. The third-order valence-corrected chi connectivity index (χ3v) is 1.64. The Morgan fingerprint density at radius 1 is 2.00 bits per heavy atom. The number of carbonyl (C=O) groups is 1. The molecular formula is C6H11NO3. The molecule has 1 heterocycles. The van der Waals surface area contributed by atoms with Gasteiger partial charge in [-0.25, -0.2) is 0 Å². The van der Waals surface area contributed by atoms with Gasteiger partial charge in [-0.05, 0) is 6.92 Å². The standard InChI is InChI=1S/C6H11NO3/c1-6(3-8)2-4(7)5(9)10-6/h4,8H,2-3,7H2,1H3/t4-,6+/m0/s1. The molecule has 0 aromatic heterocycles. The van der Waals surface area contributed by atoms with E-state index in [1.165, 1.54) is 0 Å². The Kier molecular flexibility index (Phi) is 1.66. The van der Waals surface area contributed by atoms with Crippen LogP contribution in [0.1, 0.15) is 13.3 Å². The van der Waals surface area contributed by atoms with Crippen LogP contribution in [-0.4, -0.2) is 29.3 Å². The van der Waals surface area contributed by atoms with Gasteiger partial charge in [0.05, 0.1) is 6.61 Å². The van der Waals surface area contributed by atoms with Gasteiger partial charge in [-0.1, -0.05) is 0 Å². The van der Waals surface area contributed by atoms with Crippen LogP contribution >= 0.6 is 0 Å². The number of cyclic esters (lactones) is 1. The monoisotopic (exact) mass is 145 g/mol. The minimum absolute atomic E-state index is 0.160. The van der Waals surface area contributed by atoms with Gasteiger partial charge in [0.25, 0.3) is 0 Å². The van der Waals surface area contributed by atoms with Gasteiger partial charge in [0.2, 0.25) is 0 Å². The number of nitrogens with two attached hydrogens (primary N) is 1. The molecule has 1 fully saturated rings. The van der Waals surface area contributed by atoms with Crippen molar-refractivity contribution in [1.82, 2.24) is 0 Å². The van der Waals surface area contributed by atoms with Crippen LogP contribution in [0.5, 0.6) is 0 Å². The minimum atomic E-state index is -0.740. The Morgan fingerprint density at radius 2 is 2.60 bits per heavy atom.